The summed E-state index contributed by atoms with van der Waals surface area (Å²) in [5, 5.41) is 6.26. The predicted molar refractivity (Wildman–Crippen MR) is 99.8 cm³/mol. The number of carbonyl (C=O) groups is 1. The van der Waals surface area contributed by atoms with Gasteiger partial charge in [0.1, 0.15) is 11.6 Å². The van der Waals surface area contributed by atoms with Gasteiger partial charge in [0.05, 0.1) is 19.0 Å². The van der Waals surface area contributed by atoms with Gasteiger partial charge in [-0.1, -0.05) is 31.4 Å². The molecule has 1 heterocycles. The minimum absolute atomic E-state index is 0.103. The van der Waals surface area contributed by atoms with Gasteiger partial charge in [0.15, 0.2) is 0 Å². The van der Waals surface area contributed by atoms with Gasteiger partial charge in [0.2, 0.25) is 5.91 Å². The quantitative estimate of drug-likeness (QED) is 0.827. The normalized spacial score (nSPS) is 14.8. The van der Waals surface area contributed by atoms with E-state index in [9.17, 15) is 4.79 Å². The summed E-state index contributed by atoms with van der Waals surface area (Å²) in [6.45, 7) is 0.708. The van der Waals surface area contributed by atoms with Crippen molar-refractivity contribution in [1.29, 1.82) is 0 Å². The van der Waals surface area contributed by atoms with Gasteiger partial charge in [-0.15, -0.1) is 0 Å². The van der Waals surface area contributed by atoms with Gasteiger partial charge >= 0.3 is 0 Å². The number of methoxy groups -OCH3 is 1. The Hall–Kier alpha value is -2.56. The molecule has 2 aromatic rings. The van der Waals surface area contributed by atoms with Gasteiger partial charge in [0, 0.05) is 12.5 Å². The molecule has 25 heavy (non-hydrogen) atoms. The zero-order chi connectivity index (χ0) is 17.5. The second-order valence-corrected chi connectivity index (χ2v) is 6.46. The average Bonchev–Trinajstić information content (AvgIpc) is 2.68. The van der Waals surface area contributed by atoms with E-state index in [1.165, 1.54) is 6.42 Å². The standard InChI is InChI=1S/C20H25N3O2/c1-25-18-10-7-15(8-11-18)13-21-17-9-12-19(22-14-17)23-20(24)16-5-3-2-4-6-16/h7-12,14,16,21H,2-6,13H2,1H3,(H,22,23,24). The van der Waals surface area contributed by atoms with Gasteiger partial charge in [-0.3, -0.25) is 4.79 Å². The zero-order valence-electron chi connectivity index (χ0n) is 14.6. The lowest BCUT2D eigenvalue weighted by Crippen LogP contribution is -2.25. The molecule has 0 aliphatic heterocycles. The van der Waals surface area contributed by atoms with Crippen molar-refractivity contribution in [3.63, 3.8) is 0 Å². The minimum Gasteiger partial charge on any atom is -0.497 e. The Labute approximate surface area is 148 Å². The van der Waals surface area contributed by atoms with Crippen molar-refractivity contribution >= 4 is 17.4 Å². The van der Waals surface area contributed by atoms with Crippen LogP contribution in [0.3, 0.4) is 0 Å². The number of rotatable bonds is 6. The summed E-state index contributed by atoms with van der Waals surface area (Å²) in [6, 6.07) is 11.7. The molecule has 0 spiro atoms. The van der Waals surface area contributed by atoms with E-state index in [0.717, 1.165) is 42.7 Å². The van der Waals surface area contributed by atoms with Gasteiger partial charge in [0.25, 0.3) is 0 Å². The van der Waals surface area contributed by atoms with Crippen LogP contribution in [-0.2, 0) is 11.3 Å². The van der Waals surface area contributed by atoms with E-state index in [1.807, 2.05) is 36.4 Å². The van der Waals surface area contributed by atoms with Gasteiger partial charge in [-0.25, -0.2) is 4.98 Å². The minimum atomic E-state index is 0.103. The van der Waals surface area contributed by atoms with Crippen LogP contribution >= 0.6 is 0 Å². The topological polar surface area (TPSA) is 63.2 Å². The molecule has 1 amide bonds. The number of carbonyl (C=O) groups excluding carboxylic acids is 1. The van der Waals surface area contributed by atoms with Crippen LogP contribution in [0.1, 0.15) is 37.7 Å². The van der Waals surface area contributed by atoms with E-state index >= 15 is 0 Å². The number of nitrogens with one attached hydrogen (secondary N) is 2. The molecule has 0 radical (unpaired) electrons. The molecule has 0 atom stereocenters. The van der Waals surface area contributed by atoms with Gasteiger partial charge in [-0.05, 0) is 42.7 Å². The summed E-state index contributed by atoms with van der Waals surface area (Å²) in [5.74, 6) is 1.71. The maximum absolute atomic E-state index is 12.2. The molecule has 1 aliphatic rings. The average molecular weight is 339 g/mol. The summed E-state index contributed by atoms with van der Waals surface area (Å²) >= 11 is 0. The number of nitrogens with zero attached hydrogens (tertiary/aromatic N) is 1. The first kappa shape index (κ1) is 17.3. The number of anilines is 2. The Bertz CT molecular complexity index is 677. The summed E-state index contributed by atoms with van der Waals surface area (Å²) in [5.41, 5.74) is 2.09. The van der Waals surface area contributed by atoms with E-state index < -0.39 is 0 Å². The Balaban J connectivity index is 1.50. The Morgan fingerprint density at radius 1 is 1.12 bits per heavy atom. The smallest absolute Gasteiger partial charge is 0.228 e. The first-order valence-electron chi connectivity index (χ1n) is 8.88. The number of aromatic nitrogens is 1. The van der Waals surface area contributed by atoms with Gasteiger partial charge < -0.3 is 15.4 Å². The van der Waals surface area contributed by atoms with E-state index in [2.05, 4.69) is 15.6 Å². The molecule has 5 nitrogen and oxygen atoms in total. The van der Waals surface area contributed by atoms with Crippen molar-refractivity contribution in [2.75, 3.05) is 17.7 Å². The predicted octanol–water partition coefficient (Wildman–Crippen LogP) is 4.22. The first-order valence-corrected chi connectivity index (χ1v) is 8.88. The molecule has 1 fully saturated rings. The summed E-state index contributed by atoms with van der Waals surface area (Å²) in [6.07, 6.45) is 7.29. The molecule has 5 heteroatoms. The number of pyridine rings is 1. The maximum Gasteiger partial charge on any atom is 0.228 e. The fourth-order valence-corrected chi connectivity index (χ4v) is 3.11. The largest absolute Gasteiger partial charge is 0.497 e. The van der Waals surface area contributed by atoms with Crippen molar-refractivity contribution in [1.82, 2.24) is 4.98 Å². The molecule has 3 rings (SSSR count). The highest BCUT2D eigenvalue weighted by Gasteiger charge is 2.21. The summed E-state index contributed by atoms with van der Waals surface area (Å²) in [4.78, 5) is 16.6. The summed E-state index contributed by atoms with van der Waals surface area (Å²) < 4.78 is 5.16. The van der Waals surface area contributed by atoms with Crippen LogP contribution in [0.5, 0.6) is 5.75 Å². The molecule has 1 aliphatic carbocycles. The third-order valence-corrected chi connectivity index (χ3v) is 4.65. The number of hydrogen-bond acceptors (Lipinski definition) is 4. The highest BCUT2D eigenvalue weighted by atomic mass is 16.5. The number of hydrogen-bond donors (Lipinski definition) is 2. The third-order valence-electron chi connectivity index (χ3n) is 4.65. The fraction of sp³-hybridized carbons (Fsp3) is 0.400. The third kappa shape index (κ3) is 4.95. The van der Waals surface area contributed by atoms with Crippen LogP contribution in [0, 0.1) is 5.92 Å². The van der Waals surface area contributed by atoms with Crippen molar-refractivity contribution in [2.24, 2.45) is 5.92 Å². The lowest BCUT2D eigenvalue weighted by Gasteiger charge is -2.20. The van der Waals surface area contributed by atoms with Crippen LogP contribution in [0.25, 0.3) is 0 Å². The van der Waals surface area contributed by atoms with E-state index in [4.69, 9.17) is 4.74 Å². The van der Waals surface area contributed by atoms with E-state index in [1.54, 1.807) is 13.3 Å². The first-order chi connectivity index (χ1) is 12.2. The molecule has 0 unspecified atom stereocenters. The van der Waals surface area contributed by atoms with E-state index in [0.29, 0.717) is 12.4 Å². The van der Waals surface area contributed by atoms with Crippen LogP contribution in [-0.4, -0.2) is 18.0 Å². The fourth-order valence-electron chi connectivity index (χ4n) is 3.11. The Morgan fingerprint density at radius 2 is 1.88 bits per heavy atom. The molecule has 132 valence electrons. The van der Waals surface area contributed by atoms with Crippen molar-refractivity contribution in [3.05, 3.63) is 48.2 Å². The molecule has 2 N–H and O–H groups in total. The van der Waals surface area contributed by atoms with Crippen LogP contribution in [0.4, 0.5) is 11.5 Å². The maximum atomic E-state index is 12.2. The number of benzene rings is 1. The molecule has 1 saturated carbocycles. The molecule has 0 bridgehead atoms. The molecule has 0 saturated heterocycles. The molecular formula is C20H25N3O2. The van der Waals surface area contributed by atoms with Crippen LogP contribution < -0.4 is 15.4 Å². The molecule has 1 aromatic heterocycles. The van der Waals surface area contributed by atoms with Crippen LogP contribution in [0.2, 0.25) is 0 Å². The monoisotopic (exact) mass is 339 g/mol. The van der Waals surface area contributed by atoms with Crippen molar-refractivity contribution in [2.45, 2.75) is 38.6 Å². The lowest BCUT2D eigenvalue weighted by atomic mass is 9.89. The highest BCUT2D eigenvalue weighted by molar-refractivity contribution is 5.91. The Kier molecular flexibility index (Phi) is 5.88. The zero-order valence-corrected chi connectivity index (χ0v) is 14.6. The lowest BCUT2D eigenvalue weighted by molar-refractivity contribution is -0.120. The molecule has 1 aromatic carbocycles. The van der Waals surface area contributed by atoms with Gasteiger partial charge in [-0.2, -0.15) is 0 Å². The Morgan fingerprint density at radius 3 is 2.52 bits per heavy atom. The summed E-state index contributed by atoms with van der Waals surface area (Å²) in [7, 11) is 1.66. The van der Waals surface area contributed by atoms with Crippen LogP contribution in [0.15, 0.2) is 42.6 Å². The molecular weight excluding hydrogens is 314 g/mol. The van der Waals surface area contributed by atoms with E-state index in [-0.39, 0.29) is 11.8 Å². The van der Waals surface area contributed by atoms with Crippen molar-refractivity contribution < 1.29 is 9.53 Å². The number of ether oxygens (including phenoxy) is 1. The second kappa shape index (κ2) is 8.51. The second-order valence-electron chi connectivity index (χ2n) is 6.46. The SMILES string of the molecule is COc1ccc(CNc2ccc(NC(=O)C3CCCCC3)nc2)cc1. The van der Waals surface area contributed by atoms with Crippen molar-refractivity contribution in [3.8, 4) is 5.75 Å². The number of amides is 1. The highest BCUT2D eigenvalue weighted by Crippen LogP contribution is 2.24.